The van der Waals surface area contributed by atoms with Gasteiger partial charge in [0.1, 0.15) is 0 Å². The molecule has 0 spiro atoms. The molecule has 0 aliphatic heterocycles. The fourth-order valence-corrected chi connectivity index (χ4v) is 1.49. The maximum atomic E-state index is 5.77. The summed E-state index contributed by atoms with van der Waals surface area (Å²) >= 11 is 0. The van der Waals surface area contributed by atoms with Crippen molar-refractivity contribution in [3.05, 3.63) is 35.9 Å². The number of hydrogen-bond donors (Lipinski definition) is 2. The van der Waals surface area contributed by atoms with Crippen molar-refractivity contribution in [2.45, 2.75) is 32.5 Å². The third kappa shape index (κ3) is 4.93. The molecule has 0 unspecified atom stereocenters. The molecule has 0 saturated carbocycles. The third-order valence-electron chi connectivity index (χ3n) is 2.28. The number of hydrogen-bond acceptors (Lipinski definition) is 3. The highest BCUT2D eigenvalue weighted by atomic mass is 16.5. The van der Waals surface area contributed by atoms with Crippen LogP contribution in [0.3, 0.4) is 0 Å². The van der Waals surface area contributed by atoms with Gasteiger partial charge in [0, 0.05) is 6.54 Å². The lowest BCUT2D eigenvalue weighted by atomic mass is 10.2. The molecule has 0 fully saturated rings. The van der Waals surface area contributed by atoms with Gasteiger partial charge in [-0.1, -0.05) is 43.7 Å². The highest BCUT2D eigenvalue weighted by Crippen LogP contribution is 2.06. The second-order valence-electron chi connectivity index (χ2n) is 3.62. The fraction of sp³-hybridized carbons (Fsp3) is 0.500. The molecule has 0 amide bonds. The highest BCUT2D eigenvalue weighted by molar-refractivity contribution is 5.13. The van der Waals surface area contributed by atoms with Crippen molar-refractivity contribution in [3.63, 3.8) is 0 Å². The van der Waals surface area contributed by atoms with Crippen LogP contribution >= 0.6 is 0 Å². The van der Waals surface area contributed by atoms with E-state index in [1.807, 2.05) is 18.2 Å². The van der Waals surface area contributed by atoms with Crippen LogP contribution in [0.25, 0.3) is 0 Å². The van der Waals surface area contributed by atoms with E-state index in [0.29, 0.717) is 13.2 Å². The van der Waals surface area contributed by atoms with Crippen molar-refractivity contribution in [3.8, 4) is 0 Å². The van der Waals surface area contributed by atoms with Gasteiger partial charge in [-0.3, -0.25) is 11.3 Å². The molecular weight excluding hydrogens is 188 g/mol. The normalized spacial score (nSPS) is 12.7. The van der Waals surface area contributed by atoms with E-state index in [4.69, 9.17) is 10.6 Å². The van der Waals surface area contributed by atoms with Crippen LogP contribution in [0.2, 0.25) is 0 Å². The van der Waals surface area contributed by atoms with Crippen LogP contribution in [-0.2, 0) is 11.3 Å². The van der Waals surface area contributed by atoms with Gasteiger partial charge in [-0.15, -0.1) is 0 Å². The first-order chi connectivity index (χ1) is 7.36. The molecule has 3 nitrogen and oxygen atoms in total. The van der Waals surface area contributed by atoms with E-state index >= 15 is 0 Å². The predicted molar refractivity (Wildman–Crippen MR) is 62.1 cm³/mol. The van der Waals surface area contributed by atoms with E-state index in [2.05, 4.69) is 24.5 Å². The van der Waals surface area contributed by atoms with Crippen molar-refractivity contribution in [2.75, 3.05) is 6.54 Å². The molecule has 3 N–H and O–H groups in total. The Hall–Kier alpha value is -0.900. The Labute approximate surface area is 91.6 Å². The highest BCUT2D eigenvalue weighted by Gasteiger charge is 2.06. The molecule has 1 rings (SSSR count). The van der Waals surface area contributed by atoms with Crippen LogP contribution in [0.5, 0.6) is 0 Å². The molecule has 0 aromatic heterocycles. The average Bonchev–Trinajstić information content (AvgIpc) is 2.28. The largest absolute Gasteiger partial charge is 0.372 e. The summed E-state index contributed by atoms with van der Waals surface area (Å²) in [5, 5.41) is 0. The van der Waals surface area contributed by atoms with Gasteiger partial charge in [0.05, 0.1) is 12.7 Å². The standard InChI is InChI=1S/C12H20N2O/c1-2-6-12(9-14-13)15-10-11-7-4-3-5-8-11/h3-5,7-8,12,14H,2,6,9-10,13H2,1H3/t12-/m0/s1. The number of rotatable bonds is 7. The van der Waals surface area contributed by atoms with Gasteiger partial charge in [0.15, 0.2) is 0 Å². The van der Waals surface area contributed by atoms with Crippen LogP contribution < -0.4 is 11.3 Å². The summed E-state index contributed by atoms with van der Waals surface area (Å²) < 4.78 is 5.77. The minimum atomic E-state index is 0.209. The van der Waals surface area contributed by atoms with Crippen molar-refractivity contribution >= 4 is 0 Å². The van der Waals surface area contributed by atoms with E-state index in [1.54, 1.807) is 0 Å². The molecule has 0 heterocycles. The van der Waals surface area contributed by atoms with E-state index in [0.717, 1.165) is 12.8 Å². The zero-order valence-electron chi connectivity index (χ0n) is 9.28. The first kappa shape index (κ1) is 12.2. The van der Waals surface area contributed by atoms with Crippen molar-refractivity contribution in [1.82, 2.24) is 5.43 Å². The summed E-state index contributed by atoms with van der Waals surface area (Å²) in [6.45, 7) is 3.52. The first-order valence-electron chi connectivity index (χ1n) is 5.45. The van der Waals surface area contributed by atoms with Crippen LogP contribution in [0.15, 0.2) is 30.3 Å². The van der Waals surface area contributed by atoms with Gasteiger partial charge in [0.2, 0.25) is 0 Å². The lowest BCUT2D eigenvalue weighted by Crippen LogP contribution is -2.33. The summed E-state index contributed by atoms with van der Waals surface area (Å²) in [6.07, 6.45) is 2.36. The summed E-state index contributed by atoms with van der Waals surface area (Å²) in [5.41, 5.74) is 3.87. The van der Waals surface area contributed by atoms with Crippen LogP contribution in [0.4, 0.5) is 0 Å². The van der Waals surface area contributed by atoms with Gasteiger partial charge in [-0.25, -0.2) is 0 Å². The maximum absolute atomic E-state index is 5.77. The zero-order valence-corrected chi connectivity index (χ0v) is 9.28. The number of ether oxygens (including phenoxy) is 1. The molecule has 1 aromatic carbocycles. The molecule has 0 radical (unpaired) electrons. The Kier molecular flexibility index (Phi) is 6.00. The van der Waals surface area contributed by atoms with Gasteiger partial charge in [0.25, 0.3) is 0 Å². The molecule has 3 heteroatoms. The topological polar surface area (TPSA) is 47.3 Å². The van der Waals surface area contributed by atoms with E-state index in [-0.39, 0.29) is 6.10 Å². The zero-order chi connectivity index (χ0) is 10.9. The maximum Gasteiger partial charge on any atom is 0.0721 e. The third-order valence-corrected chi connectivity index (χ3v) is 2.28. The SMILES string of the molecule is CCC[C@@H](CNN)OCc1ccccc1. The molecule has 1 aromatic rings. The smallest absolute Gasteiger partial charge is 0.0721 e. The number of hydrazine groups is 1. The molecule has 0 aliphatic carbocycles. The van der Waals surface area contributed by atoms with E-state index in [9.17, 15) is 0 Å². The Bertz CT molecular complexity index is 245. The Morgan fingerprint density at radius 2 is 2.07 bits per heavy atom. The number of nitrogens with two attached hydrogens (primary N) is 1. The molecule has 0 aliphatic rings. The van der Waals surface area contributed by atoms with Gasteiger partial charge >= 0.3 is 0 Å². The number of nitrogens with one attached hydrogen (secondary N) is 1. The molecular formula is C12H20N2O. The fourth-order valence-electron chi connectivity index (χ4n) is 1.49. The van der Waals surface area contributed by atoms with Crippen LogP contribution in [0.1, 0.15) is 25.3 Å². The molecule has 15 heavy (non-hydrogen) atoms. The minimum Gasteiger partial charge on any atom is -0.372 e. The lowest BCUT2D eigenvalue weighted by Gasteiger charge is -2.16. The van der Waals surface area contributed by atoms with Crippen LogP contribution in [0, 0.1) is 0 Å². The second-order valence-corrected chi connectivity index (χ2v) is 3.62. The Morgan fingerprint density at radius 3 is 2.67 bits per heavy atom. The van der Waals surface area contributed by atoms with Crippen molar-refractivity contribution in [1.29, 1.82) is 0 Å². The van der Waals surface area contributed by atoms with Crippen molar-refractivity contribution in [2.24, 2.45) is 5.84 Å². The van der Waals surface area contributed by atoms with Gasteiger partial charge < -0.3 is 4.74 Å². The summed E-state index contributed by atoms with van der Waals surface area (Å²) in [4.78, 5) is 0. The Balaban J connectivity index is 2.33. The molecule has 0 bridgehead atoms. The van der Waals surface area contributed by atoms with Crippen LogP contribution in [-0.4, -0.2) is 12.6 Å². The van der Waals surface area contributed by atoms with E-state index < -0.39 is 0 Å². The second kappa shape index (κ2) is 7.40. The summed E-state index contributed by atoms with van der Waals surface area (Å²) in [6, 6.07) is 10.2. The lowest BCUT2D eigenvalue weighted by molar-refractivity contribution is 0.0349. The van der Waals surface area contributed by atoms with E-state index in [1.165, 1.54) is 5.56 Å². The minimum absolute atomic E-state index is 0.209. The van der Waals surface area contributed by atoms with Crippen molar-refractivity contribution < 1.29 is 4.74 Å². The predicted octanol–water partition coefficient (Wildman–Crippen LogP) is 1.84. The summed E-state index contributed by atoms with van der Waals surface area (Å²) in [7, 11) is 0. The average molecular weight is 208 g/mol. The monoisotopic (exact) mass is 208 g/mol. The Morgan fingerprint density at radius 1 is 1.33 bits per heavy atom. The first-order valence-corrected chi connectivity index (χ1v) is 5.45. The molecule has 84 valence electrons. The summed E-state index contributed by atoms with van der Waals surface area (Å²) in [5.74, 6) is 5.30. The number of benzene rings is 1. The molecule has 1 atom stereocenters. The quantitative estimate of drug-likeness (QED) is 0.531. The molecule has 0 saturated heterocycles. The van der Waals surface area contributed by atoms with Gasteiger partial charge in [-0.2, -0.15) is 0 Å². The van der Waals surface area contributed by atoms with Gasteiger partial charge in [-0.05, 0) is 12.0 Å².